The smallest absolute Gasteiger partial charge is 0.255 e. The molecule has 1 aliphatic rings. The third-order valence-electron chi connectivity index (χ3n) is 5.24. The Labute approximate surface area is 186 Å². The van der Waals surface area contributed by atoms with Crippen molar-refractivity contribution in [2.45, 2.75) is 17.9 Å². The summed E-state index contributed by atoms with van der Waals surface area (Å²) in [7, 11) is -2.06. The quantitative estimate of drug-likeness (QED) is 0.619. The number of sulfonamides is 1. The van der Waals surface area contributed by atoms with E-state index < -0.39 is 10.0 Å². The van der Waals surface area contributed by atoms with Crippen molar-refractivity contribution in [1.82, 2.24) is 4.31 Å². The molecule has 0 radical (unpaired) electrons. The minimum atomic E-state index is -3.63. The first-order chi connectivity index (χ1) is 14.9. The standard InChI is InChI=1S/C23H21ClN2O4S/c1-30-21-8-3-17(4-9-21)23(27)25-20-7-2-16-12-13-26(15-18(16)14-20)31(28,29)22-10-5-19(24)6-11-22/h2-11,14H,12-13,15H2,1H3,(H,25,27). The number of halogens is 1. The molecule has 6 nitrogen and oxygen atoms in total. The molecule has 0 unspecified atom stereocenters. The van der Waals surface area contributed by atoms with E-state index in [1.807, 2.05) is 18.2 Å². The molecule has 0 saturated heterocycles. The van der Waals surface area contributed by atoms with E-state index in [2.05, 4.69) is 5.32 Å². The summed E-state index contributed by atoms with van der Waals surface area (Å²) in [5.74, 6) is 0.427. The van der Waals surface area contributed by atoms with Crippen LogP contribution in [0.3, 0.4) is 0 Å². The molecular formula is C23H21ClN2O4S. The largest absolute Gasteiger partial charge is 0.497 e. The lowest BCUT2D eigenvalue weighted by atomic mass is 10.0. The fraction of sp³-hybridized carbons (Fsp3) is 0.174. The van der Waals surface area contributed by atoms with E-state index in [0.717, 1.165) is 11.1 Å². The second kappa shape index (κ2) is 8.70. The van der Waals surface area contributed by atoms with Crippen LogP contribution in [0.1, 0.15) is 21.5 Å². The predicted octanol–water partition coefficient (Wildman–Crippen LogP) is 4.35. The van der Waals surface area contributed by atoms with E-state index >= 15 is 0 Å². The number of benzene rings is 3. The number of ether oxygens (including phenoxy) is 1. The molecule has 8 heteroatoms. The monoisotopic (exact) mass is 456 g/mol. The summed E-state index contributed by atoms with van der Waals surface area (Å²) in [5, 5.41) is 3.36. The second-order valence-electron chi connectivity index (χ2n) is 7.21. The number of rotatable bonds is 5. The van der Waals surface area contributed by atoms with E-state index in [0.29, 0.717) is 35.0 Å². The lowest BCUT2D eigenvalue weighted by Crippen LogP contribution is -2.36. The van der Waals surface area contributed by atoms with Crippen molar-refractivity contribution in [2.24, 2.45) is 0 Å². The number of hydrogen-bond acceptors (Lipinski definition) is 4. The topological polar surface area (TPSA) is 75.7 Å². The third-order valence-corrected chi connectivity index (χ3v) is 7.36. The zero-order chi connectivity index (χ0) is 22.0. The summed E-state index contributed by atoms with van der Waals surface area (Å²) < 4.78 is 32.6. The van der Waals surface area contributed by atoms with E-state index in [4.69, 9.17) is 16.3 Å². The van der Waals surface area contributed by atoms with Gasteiger partial charge in [0.15, 0.2) is 0 Å². The van der Waals surface area contributed by atoms with Crippen LogP contribution in [-0.2, 0) is 23.0 Å². The SMILES string of the molecule is COc1ccc(C(=O)Nc2ccc3c(c2)CN(S(=O)(=O)c2ccc(Cl)cc2)CC3)cc1. The number of nitrogens with zero attached hydrogens (tertiary/aromatic N) is 1. The van der Waals surface area contributed by atoms with E-state index in [9.17, 15) is 13.2 Å². The van der Waals surface area contributed by atoms with Gasteiger partial charge in [-0.25, -0.2) is 8.42 Å². The molecule has 1 N–H and O–H groups in total. The molecule has 1 amide bonds. The third kappa shape index (κ3) is 4.58. The summed E-state index contributed by atoms with van der Waals surface area (Å²) in [6.07, 6.45) is 0.606. The molecule has 0 aromatic heterocycles. The van der Waals surface area contributed by atoms with Crippen LogP contribution in [0.4, 0.5) is 5.69 Å². The Hall–Kier alpha value is -2.87. The second-order valence-corrected chi connectivity index (χ2v) is 9.58. The normalized spacial score (nSPS) is 14.0. The maximum absolute atomic E-state index is 13.0. The number of carbonyl (C=O) groups excluding carboxylic acids is 1. The molecule has 0 saturated carbocycles. The number of nitrogens with one attached hydrogen (secondary N) is 1. The molecule has 0 bridgehead atoms. The number of fused-ring (bicyclic) bond motifs is 1. The lowest BCUT2D eigenvalue weighted by Gasteiger charge is -2.28. The first kappa shape index (κ1) is 21.4. The van der Waals surface area contributed by atoms with Gasteiger partial charge >= 0.3 is 0 Å². The van der Waals surface area contributed by atoms with Gasteiger partial charge in [-0.3, -0.25) is 4.79 Å². The number of carbonyl (C=O) groups is 1. The van der Waals surface area contributed by atoms with Crippen LogP contribution in [0.5, 0.6) is 5.75 Å². The summed E-state index contributed by atoms with van der Waals surface area (Å²) >= 11 is 5.88. The van der Waals surface area contributed by atoms with Gasteiger partial charge in [-0.05, 0) is 78.2 Å². The number of hydrogen-bond donors (Lipinski definition) is 1. The Morgan fingerprint density at radius 3 is 2.39 bits per heavy atom. The molecule has 0 aliphatic carbocycles. The van der Waals surface area contributed by atoms with Gasteiger partial charge in [0.1, 0.15) is 5.75 Å². The van der Waals surface area contributed by atoms with Crippen molar-refractivity contribution >= 4 is 33.2 Å². The fourth-order valence-corrected chi connectivity index (χ4v) is 5.06. The molecule has 1 heterocycles. The van der Waals surface area contributed by atoms with Crippen LogP contribution in [0.15, 0.2) is 71.6 Å². The van der Waals surface area contributed by atoms with Crippen LogP contribution in [0.25, 0.3) is 0 Å². The fourth-order valence-electron chi connectivity index (χ4n) is 3.52. The van der Waals surface area contributed by atoms with E-state index in [1.54, 1.807) is 43.5 Å². The lowest BCUT2D eigenvalue weighted by molar-refractivity contribution is 0.102. The molecule has 1 aliphatic heterocycles. The van der Waals surface area contributed by atoms with Gasteiger partial charge in [0.25, 0.3) is 5.91 Å². The van der Waals surface area contributed by atoms with Crippen LogP contribution in [0.2, 0.25) is 5.02 Å². The Morgan fingerprint density at radius 1 is 1.00 bits per heavy atom. The summed E-state index contributed by atoms with van der Waals surface area (Å²) in [6.45, 7) is 0.641. The molecule has 0 atom stereocenters. The highest BCUT2D eigenvalue weighted by atomic mass is 35.5. The molecule has 31 heavy (non-hydrogen) atoms. The maximum atomic E-state index is 13.0. The van der Waals surface area contributed by atoms with Crippen LogP contribution in [0, 0.1) is 0 Å². The van der Waals surface area contributed by atoms with Gasteiger partial charge in [-0.15, -0.1) is 0 Å². The van der Waals surface area contributed by atoms with Gasteiger partial charge in [-0.1, -0.05) is 17.7 Å². The highest BCUT2D eigenvalue weighted by molar-refractivity contribution is 7.89. The molecule has 3 aromatic carbocycles. The number of methoxy groups -OCH3 is 1. The zero-order valence-corrected chi connectivity index (χ0v) is 18.4. The van der Waals surface area contributed by atoms with Crippen molar-refractivity contribution in [2.75, 3.05) is 19.0 Å². The Balaban J connectivity index is 1.52. The molecular weight excluding hydrogens is 436 g/mol. The number of anilines is 1. The maximum Gasteiger partial charge on any atom is 0.255 e. The first-order valence-corrected chi connectivity index (χ1v) is 11.5. The van der Waals surface area contributed by atoms with E-state index in [-0.39, 0.29) is 17.3 Å². The minimum Gasteiger partial charge on any atom is -0.497 e. The van der Waals surface area contributed by atoms with Gasteiger partial charge in [-0.2, -0.15) is 4.31 Å². The highest BCUT2D eigenvalue weighted by Gasteiger charge is 2.28. The first-order valence-electron chi connectivity index (χ1n) is 9.70. The summed E-state index contributed by atoms with van der Waals surface area (Å²) in [6, 6.07) is 18.6. The Kier molecular flexibility index (Phi) is 6.00. The Bertz CT molecular complexity index is 1210. The molecule has 3 aromatic rings. The van der Waals surface area contributed by atoms with Crippen LogP contribution < -0.4 is 10.1 Å². The van der Waals surface area contributed by atoms with Gasteiger partial charge < -0.3 is 10.1 Å². The minimum absolute atomic E-state index is 0.212. The van der Waals surface area contributed by atoms with Gasteiger partial charge in [0, 0.05) is 29.4 Å². The van der Waals surface area contributed by atoms with Crippen molar-refractivity contribution in [1.29, 1.82) is 0 Å². The van der Waals surface area contributed by atoms with Crippen LogP contribution >= 0.6 is 11.6 Å². The molecule has 0 spiro atoms. The average molecular weight is 457 g/mol. The van der Waals surface area contributed by atoms with E-state index in [1.165, 1.54) is 16.4 Å². The predicted molar refractivity (Wildman–Crippen MR) is 120 cm³/mol. The Morgan fingerprint density at radius 2 is 1.71 bits per heavy atom. The molecule has 0 fully saturated rings. The van der Waals surface area contributed by atoms with Gasteiger partial charge in [0.05, 0.1) is 12.0 Å². The van der Waals surface area contributed by atoms with Crippen LogP contribution in [-0.4, -0.2) is 32.3 Å². The average Bonchev–Trinajstić information content (AvgIpc) is 2.79. The van der Waals surface area contributed by atoms with Crippen molar-refractivity contribution in [3.8, 4) is 5.75 Å². The van der Waals surface area contributed by atoms with Crippen molar-refractivity contribution in [3.63, 3.8) is 0 Å². The van der Waals surface area contributed by atoms with Crippen molar-refractivity contribution < 1.29 is 17.9 Å². The van der Waals surface area contributed by atoms with Gasteiger partial charge in [0.2, 0.25) is 10.0 Å². The van der Waals surface area contributed by atoms with Crippen molar-refractivity contribution in [3.05, 3.63) is 88.4 Å². The molecule has 160 valence electrons. The summed E-state index contributed by atoms with van der Waals surface area (Å²) in [5.41, 5.74) is 3.07. The molecule has 4 rings (SSSR count). The highest BCUT2D eigenvalue weighted by Crippen LogP contribution is 2.28. The summed E-state index contributed by atoms with van der Waals surface area (Å²) in [4.78, 5) is 12.8. The number of amides is 1. The zero-order valence-electron chi connectivity index (χ0n) is 16.8.